The Hall–Kier alpha value is -6.70. The van der Waals surface area contributed by atoms with E-state index in [4.69, 9.17) is 0 Å². The summed E-state index contributed by atoms with van der Waals surface area (Å²) >= 11 is 0. The molecule has 0 unspecified atom stereocenters. The lowest BCUT2D eigenvalue weighted by atomic mass is 9.88. The largest absolute Gasteiger partial charge is 0.309 e. The standard InChI is InChI=1S/C50H29N/c1-3-15-38-34(13-1)35-14-2-4-16-39(35)48-47(38)40-17-5-6-18-42(40)50-49(48)43-19-7-8-22-45(43)51(50)33-26-23-30(24-27-33)32-25-28-36-37-20-9-11-31-12-10-21-41(46(31)37)44(36)29-32/h1-29H. The predicted molar refractivity (Wildman–Crippen MR) is 218 cm³/mol. The molecule has 0 bridgehead atoms. The molecule has 0 aliphatic heterocycles. The molecule has 11 aromatic rings. The minimum absolute atomic E-state index is 1.16. The molecule has 0 N–H and O–H groups in total. The average molecular weight is 644 g/mol. The zero-order valence-electron chi connectivity index (χ0n) is 27.7. The van der Waals surface area contributed by atoms with Gasteiger partial charge in [-0.3, -0.25) is 0 Å². The van der Waals surface area contributed by atoms with Gasteiger partial charge in [0.15, 0.2) is 0 Å². The number of hydrogen-bond acceptors (Lipinski definition) is 0. The first kappa shape index (κ1) is 27.2. The third-order valence-electron chi connectivity index (χ3n) is 11.5. The highest BCUT2D eigenvalue weighted by Gasteiger charge is 2.23. The van der Waals surface area contributed by atoms with Crippen LogP contribution in [0.2, 0.25) is 0 Å². The fourth-order valence-corrected chi connectivity index (χ4v) is 9.38. The summed E-state index contributed by atoms with van der Waals surface area (Å²) in [7, 11) is 0. The molecule has 0 saturated carbocycles. The number of nitrogens with zero attached hydrogens (tertiary/aromatic N) is 1. The number of rotatable bonds is 2. The molecular weight excluding hydrogens is 615 g/mol. The number of hydrogen-bond donors (Lipinski definition) is 0. The van der Waals surface area contributed by atoms with Crippen LogP contribution in [0.5, 0.6) is 0 Å². The molecule has 1 aliphatic carbocycles. The zero-order chi connectivity index (χ0) is 33.2. The highest BCUT2D eigenvalue weighted by molar-refractivity contribution is 6.42. The molecule has 1 heteroatoms. The van der Waals surface area contributed by atoms with Gasteiger partial charge in [-0.25, -0.2) is 0 Å². The number of para-hydroxylation sites is 1. The Morgan fingerprint density at radius 3 is 1.55 bits per heavy atom. The molecule has 234 valence electrons. The Kier molecular flexibility index (Phi) is 5.29. The summed E-state index contributed by atoms with van der Waals surface area (Å²) in [5.74, 6) is 0. The summed E-state index contributed by atoms with van der Waals surface area (Å²) in [6.07, 6.45) is 0. The SMILES string of the molecule is c1cc2c3c(cccc3c1)-c1cc(-c3ccc(-n4c5ccccc5c5c6c7ccccc7c7ccccc7c6c6ccccc6c54)cc3)ccc1-2. The van der Waals surface area contributed by atoms with Gasteiger partial charge in [0.2, 0.25) is 0 Å². The van der Waals surface area contributed by atoms with Crippen LogP contribution >= 0.6 is 0 Å². The maximum absolute atomic E-state index is 2.50. The lowest BCUT2D eigenvalue weighted by molar-refractivity contribution is 1.19. The van der Waals surface area contributed by atoms with Gasteiger partial charge in [-0.05, 0) is 101 Å². The third kappa shape index (κ3) is 3.55. The molecule has 1 nitrogen and oxygen atoms in total. The molecule has 51 heavy (non-hydrogen) atoms. The van der Waals surface area contributed by atoms with Gasteiger partial charge in [0, 0.05) is 27.2 Å². The quantitative estimate of drug-likeness (QED) is 0.165. The van der Waals surface area contributed by atoms with Crippen LogP contribution in [0.25, 0.3) is 115 Å². The third-order valence-corrected chi connectivity index (χ3v) is 11.5. The van der Waals surface area contributed by atoms with Crippen molar-refractivity contribution in [3.63, 3.8) is 0 Å². The molecule has 0 spiro atoms. The summed E-state index contributed by atoms with van der Waals surface area (Å²) < 4.78 is 2.50. The highest BCUT2D eigenvalue weighted by atomic mass is 15.0. The van der Waals surface area contributed by atoms with Crippen molar-refractivity contribution in [2.45, 2.75) is 0 Å². The molecule has 0 radical (unpaired) electrons. The van der Waals surface area contributed by atoms with Crippen LogP contribution < -0.4 is 0 Å². The maximum Gasteiger partial charge on any atom is 0.0626 e. The van der Waals surface area contributed by atoms with E-state index in [-0.39, 0.29) is 0 Å². The van der Waals surface area contributed by atoms with Gasteiger partial charge in [0.05, 0.1) is 11.0 Å². The van der Waals surface area contributed by atoms with Crippen LogP contribution in [0.15, 0.2) is 176 Å². The van der Waals surface area contributed by atoms with Crippen molar-refractivity contribution in [1.29, 1.82) is 0 Å². The topological polar surface area (TPSA) is 4.93 Å². The van der Waals surface area contributed by atoms with Crippen molar-refractivity contribution >= 4 is 75.7 Å². The van der Waals surface area contributed by atoms with E-state index in [2.05, 4.69) is 180 Å². The van der Waals surface area contributed by atoms with Crippen LogP contribution in [0.4, 0.5) is 0 Å². The second kappa shape index (κ2) is 9.94. The molecule has 1 aromatic heterocycles. The Morgan fingerprint density at radius 2 is 0.843 bits per heavy atom. The van der Waals surface area contributed by atoms with E-state index in [0.717, 1.165) is 5.69 Å². The minimum atomic E-state index is 1.16. The van der Waals surface area contributed by atoms with Crippen molar-refractivity contribution in [3.05, 3.63) is 176 Å². The minimum Gasteiger partial charge on any atom is -0.309 e. The summed E-state index contributed by atoms with van der Waals surface area (Å²) in [6.45, 7) is 0. The second-order valence-corrected chi connectivity index (χ2v) is 14.0. The van der Waals surface area contributed by atoms with Gasteiger partial charge in [-0.1, -0.05) is 152 Å². The van der Waals surface area contributed by atoms with Crippen molar-refractivity contribution in [2.24, 2.45) is 0 Å². The summed E-state index contributed by atoms with van der Waals surface area (Å²) in [4.78, 5) is 0. The van der Waals surface area contributed by atoms with E-state index >= 15 is 0 Å². The van der Waals surface area contributed by atoms with Crippen molar-refractivity contribution in [3.8, 4) is 39.1 Å². The van der Waals surface area contributed by atoms with E-state index in [0.29, 0.717) is 0 Å². The van der Waals surface area contributed by atoms with Gasteiger partial charge >= 0.3 is 0 Å². The van der Waals surface area contributed by atoms with E-state index in [1.165, 1.54) is 109 Å². The molecule has 1 aliphatic rings. The summed E-state index contributed by atoms with van der Waals surface area (Å²) in [5.41, 5.74) is 11.4. The lowest BCUT2D eigenvalue weighted by Crippen LogP contribution is -1.95. The smallest absolute Gasteiger partial charge is 0.0626 e. The van der Waals surface area contributed by atoms with Crippen LogP contribution in [-0.2, 0) is 0 Å². The molecule has 0 saturated heterocycles. The van der Waals surface area contributed by atoms with Gasteiger partial charge in [-0.15, -0.1) is 0 Å². The molecule has 0 atom stereocenters. The number of fused-ring (bicyclic) bond motifs is 16. The molecule has 10 aromatic carbocycles. The molecule has 1 heterocycles. The van der Waals surface area contributed by atoms with E-state index in [1.807, 2.05) is 0 Å². The van der Waals surface area contributed by atoms with Gasteiger partial charge in [-0.2, -0.15) is 0 Å². The first-order chi connectivity index (χ1) is 25.3. The zero-order valence-corrected chi connectivity index (χ0v) is 27.7. The number of benzene rings is 10. The monoisotopic (exact) mass is 643 g/mol. The fraction of sp³-hybridized carbons (Fsp3) is 0. The van der Waals surface area contributed by atoms with Crippen molar-refractivity contribution < 1.29 is 0 Å². The van der Waals surface area contributed by atoms with E-state index in [9.17, 15) is 0 Å². The van der Waals surface area contributed by atoms with Crippen LogP contribution in [0, 0.1) is 0 Å². The Labute approximate surface area is 294 Å². The van der Waals surface area contributed by atoms with E-state index in [1.54, 1.807) is 0 Å². The van der Waals surface area contributed by atoms with Crippen molar-refractivity contribution in [1.82, 2.24) is 4.57 Å². The normalized spacial score (nSPS) is 12.3. The van der Waals surface area contributed by atoms with E-state index < -0.39 is 0 Å². The van der Waals surface area contributed by atoms with Crippen molar-refractivity contribution in [2.75, 3.05) is 0 Å². The van der Waals surface area contributed by atoms with Gasteiger partial charge < -0.3 is 4.57 Å². The summed E-state index contributed by atoms with van der Waals surface area (Å²) in [6, 6.07) is 65.4. The summed E-state index contributed by atoms with van der Waals surface area (Å²) in [5, 5.41) is 15.7. The highest BCUT2D eigenvalue weighted by Crippen LogP contribution is 2.50. The lowest BCUT2D eigenvalue weighted by Gasteiger charge is -2.16. The Bertz CT molecular complexity index is 3280. The Balaban J connectivity index is 1.13. The van der Waals surface area contributed by atoms with Crippen LogP contribution in [0.1, 0.15) is 0 Å². The maximum atomic E-state index is 2.50. The molecule has 0 fully saturated rings. The average Bonchev–Trinajstić information content (AvgIpc) is 3.72. The molecular formula is C50H29N. The fourth-order valence-electron chi connectivity index (χ4n) is 9.38. The number of aromatic nitrogens is 1. The van der Waals surface area contributed by atoms with Gasteiger partial charge in [0.1, 0.15) is 0 Å². The van der Waals surface area contributed by atoms with Crippen LogP contribution in [0.3, 0.4) is 0 Å². The first-order valence-corrected chi connectivity index (χ1v) is 17.8. The van der Waals surface area contributed by atoms with Gasteiger partial charge in [0.25, 0.3) is 0 Å². The molecule has 12 rings (SSSR count). The first-order valence-electron chi connectivity index (χ1n) is 17.8. The second-order valence-electron chi connectivity index (χ2n) is 14.0. The molecule has 0 amide bonds. The Morgan fingerprint density at radius 1 is 0.294 bits per heavy atom. The van der Waals surface area contributed by atoms with Crippen LogP contribution in [-0.4, -0.2) is 4.57 Å². The predicted octanol–water partition coefficient (Wildman–Crippen LogP) is 13.9.